The van der Waals surface area contributed by atoms with E-state index in [1.807, 2.05) is 24.4 Å². The fourth-order valence-electron chi connectivity index (χ4n) is 2.45. The Morgan fingerprint density at radius 2 is 1.95 bits per heavy atom. The minimum Gasteiger partial charge on any atom is -0.352 e. The summed E-state index contributed by atoms with van der Waals surface area (Å²) in [4.78, 5) is 6.89. The van der Waals surface area contributed by atoms with Crippen LogP contribution >= 0.6 is 0 Å². The van der Waals surface area contributed by atoms with Crippen molar-refractivity contribution in [3.8, 4) is 0 Å². The summed E-state index contributed by atoms with van der Waals surface area (Å²) in [6, 6.07) is 12.2. The lowest BCUT2D eigenvalue weighted by molar-refractivity contribution is 0.798. The van der Waals surface area contributed by atoms with Crippen LogP contribution in [-0.4, -0.2) is 21.1 Å². The smallest absolute Gasteiger partial charge is 0.157 e. The second kappa shape index (κ2) is 5.93. The van der Waals surface area contributed by atoms with Gasteiger partial charge in [0.25, 0.3) is 0 Å². The summed E-state index contributed by atoms with van der Waals surface area (Å²) in [7, 11) is 0. The van der Waals surface area contributed by atoms with Gasteiger partial charge in [-0.05, 0) is 24.1 Å². The number of hydrogen-bond donors (Lipinski definition) is 1. The van der Waals surface area contributed by atoms with Crippen LogP contribution in [0, 0.1) is 0 Å². The van der Waals surface area contributed by atoms with E-state index in [1.54, 1.807) is 10.7 Å². The standard InChI is InChI=1S/C16H19N5/c1-2-20(12-14-6-4-3-5-13(14)11-17)15-8-10-21-16(19-15)7-9-18-21/h3-10H,2,11-12,17H2,1H3. The van der Waals surface area contributed by atoms with Gasteiger partial charge in [0, 0.05) is 31.9 Å². The van der Waals surface area contributed by atoms with Gasteiger partial charge >= 0.3 is 0 Å². The number of aromatic nitrogens is 3. The molecule has 5 nitrogen and oxygen atoms in total. The Morgan fingerprint density at radius 1 is 1.14 bits per heavy atom. The topological polar surface area (TPSA) is 59.5 Å². The van der Waals surface area contributed by atoms with Crippen LogP contribution in [0.15, 0.2) is 48.8 Å². The molecule has 5 heteroatoms. The maximum absolute atomic E-state index is 5.82. The third kappa shape index (κ3) is 2.73. The van der Waals surface area contributed by atoms with Crippen molar-refractivity contribution in [2.24, 2.45) is 5.73 Å². The summed E-state index contributed by atoms with van der Waals surface area (Å²) >= 11 is 0. The van der Waals surface area contributed by atoms with Gasteiger partial charge in [0.15, 0.2) is 5.65 Å². The van der Waals surface area contributed by atoms with E-state index >= 15 is 0 Å². The summed E-state index contributed by atoms with van der Waals surface area (Å²) in [5.41, 5.74) is 9.11. The van der Waals surface area contributed by atoms with Gasteiger partial charge in [0.05, 0.1) is 6.20 Å². The zero-order valence-electron chi connectivity index (χ0n) is 12.1. The van der Waals surface area contributed by atoms with E-state index in [-0.39, 0.29) is 0 Å². The summed E-state index contributed by atoms with van der Waals surface area (Å²) in [5.74, 6) is 0.956. The molecule has 108 valence electrons. The molecule has 0 spiro atoms. The molecule has 0 bridgehead atoms. The van der Waals surface area contributed by atoms with Crippen molar-refractivity contribution in [1.29, 1.82) is 0 Å². The van der Waals surface area contributed by atoms with Crippen LogP contribution in [0.4, 0.5) is 5.82 Å². The molecule has 2 heterocycles. The molecule has 0 aliphatic heterocycles. The average Bonchev–Trinajstić information content (AvgIpc) is 3.00. The summed E-state index contributed by atoms with van der Waals surface area (Å²) in [6.45, 7) is 4.38. The van der Waals surface area contributed by atoms with Gasteiger partial charge in [0.1, 0.15) is 5.82 Å². The Balaban J connectivity index is 1.90. The highest BCUT2D eigenvalue weighted by Crippen LogP contribution is 2.17. The molecule has 1 aromatic carbocycles. The van der Waals surface area contributed by atoms with Crippen LogP contribution < -0.4 is 10.6 Å². The van der Waals surface area contributed by atoms with Crippen LogP contribution in [-0.2, 0) is 13.1 Å². The maximum Gasteiger partial charge on any atom is 0.157 e. The first-order chi connectivity index (χ1) is 10.3. The second-order valence-corrected chi connectivity index (χ2v) is 4.91. The summed E-state index contributed by atoms with van der Waals surface area (Å²) < 4.78 is 1.77. The van der Waals surface area contributed by atoms with Gasteiger partial charge < -0.3 is 10.6 Å². The van der Waals surface area contributed by atoms with E-state index in [0.29, 0.717) is 6.54 Å². The van der Waals surface area contributed by atoms with Crippen LogP contribution in [0.25, 0.3) is 5.65 Å². The SMILES string of the molecule is CCN(Cc1ccccc1CN)c1ccn2nccc2n1. The molecule has 3 rings (SSSR count). The predicted molar refractivity (Wildman–Crippen MR) is 84.0 cm³/mol. The molecular weight excluding hydrogens is 262 g/mol. The Kier molecular flexibility index (Phi) is 3.83. The fourth-order valence-corrected chi connectivity index (χ4v) is 2.45. The van der Waals surface area contributed by atoms with Gasteiger partial charge in [-0.1, -0.05) is 24.3 Å². The van der Waals surface area contributed by atoms with Crippen molar-refractivity contribution < 1.29 is 0 Å². The van der Waals surface area contributed by atoms with Crippen LogP contribution in [0.1, 0.15) is 18.1 Å². The highest BCUT2D eigenvalue weighted by atomic mass is 15.3. The lowest BCUT2D eigenvalue weighted by atomic mass is 10.1. The highest BCUT2D eigenvalue weighted by molar-refractivity contribution is 5.48. The maximum atomic E-state index is 5.82. The lowest BCUT2D eigenvalue weighted by Gasteiger charge is -2.23. The molecular formula is C16H19N5. The largest absolute Gasteiger partial charge is 0.352 e. The minimum atomic E-state index is 0.558. The van der Waals surface area contributed by atoms with Gasteiger partial charge in [-0.25, -0.2) is 9.50 Å². The summed E-state index contributed by atoms with van der Waals surface area (Å²) in [6.07, 6.45) is 3.70. The number of fused-ring (bicyclic) bond motifs is 1. The van der Waals surface area contributed by atoms with Gasteiger partial charge in [-0.2, -0.15) is 5.10 Å². The molecule has 2 N–H and O–H groups in total. The molecule has 0 fully saturated rings. The molecule has 0 aliphatic carbocycles. The highest BCUT2D eigenvalue weighted by Gasteiger charge is 2.10. The minimum absolute atomic E-state index is 0.558. The summed E-state index contributed by atoms with van der Waals surface area (Å²) in [5, 5.41) is 4.18. The zero-order valence-corrected chi connectivity index (χ0v) is 12.1. The van der Waals surface area contributed by atoms with E-state index in [1.165, 1.54) is 11.1 Å². The Labute approximate surface area is 124 Å². The fraction of sp³-hybridized carbons (Fsp3) is 0.250. The molecule has 0 atom stereocenters. The number of rotatable bonds is 5. The Bertz CT molecular complexity index is 734. The molecule has 0 radical (unpaired) electrons. The Morgan fingerprint density at radius 3 is 2.71 bits per heavy atom. The first kappa shape index (κ1) is 13.6. The van der Waals surface area contributed by atoms with Crippen molar-refractivity contribution in [2.45, 2.75) is 20.0 Å². The van der Waals surface area contributed by atoms with E-state index in [0.717, 1.165) is 24.6 Å². The lowest BCUT2D eigenvalue weighted by Crippen LogP contribution is -2.24. The molecule has 0 saturated heterocycles. The van der Waals surface area contributed by atoms with Crippen molar-refractivity contribution in [2.75, 3.05) is 11.4 Å². The number of hydrogen-bond acceptors (Lipinski definition) is 4. The average molecular weight is 281 g/mol. The second-order valence-electron chi connectivity index (χ2n) is 4.91. The molecule has 0 aliphatic rings. The van der Waals surface area contributed by atoms with E-state index < -0.39 is 0 Å². The third-order valence-electron chi connectivity index (χ3n) is 3.65. The zero-order chi connectivity index (χ0) is 14.7. The third-order valence-corrected chi connectivity index (χ3v) is 3.65. The number of nitrogens with zero attached hydrogens (tertiary/aromatic N) is 4. The predicted octanol–water partition coefficient (Wildman–Crippen LogP) is 2.21. The van der Waals surface area contributed by atoms with Gasteiger partial charge in [-0.3, -0.25) is 0 Å². The van der Waals surface area contributed by atoms with E-state index in [2.05, 4.69) is 40.1 Å². The van der Waals surface area contributed by atoms with Crippen molar-refractivity contribution in [1.82, 2.24) is 14.6 Å². The number of nitrogens with two attached hydrogens (primary N) is 1. The van der Waals surface area contributed by atoms with Crippen molar-refractivity contribution >= 4 is 11.5 Å². The van der Waals surface area contributed by atoms with Crippen LogP contribution in [0.5, 0.6) is 0 Å². The van der Waals surface area contributed by atoms with E-state index in [4.69, 9.17) is 5.73 Å². The van der Waals surface area contributed by atoms with Gasteiger partial charge in [-0.15, -0.1) is 0 Å². The van der Waals surface area contributed by atoms with Crippen LogP contribution in [0.3, 0.4) is 0 Å². The molecule has 0 unspecified atom stereocenters. The van der Waals surface area contributed by atoms with Crippen molar-refractivity contribution in [3.63, 3.8) is 0 Å². The molecule has 2 aromatic heterocycles. The molecule has 3 aromatic rings. The molecule has 0 amide bonds. The molecule has 21 heavy (non-hydrogen) atoms. The van der Waals surface area contributed by atoms with E-state index in [9.17, 15) is 0 Å². The first-order valence-electron chi connectivity index (χ1n) is 7.14. The molecule has 0 saturated carbocycles. The Hall–Kier alpha value is -2.40. The monoisotopic (exact) mass is 281 g/mol. The first-order valence-corrected chi connectivity index (χ1v) is 7.14. The normalized spacial score (nSPS) is 11.0. The van der Waals surface area contributed by atoms with Crippen LogP contribution in [0.2, 0.25) is 0 Å². The van der Waals surface area contributed by atoms with Crippen molar-refractivity contribution in [3.05, 3.63) is 59.9 Å². The number of anilines is 1. The van der Waals surface area contributed by atoms with Gasteiger partial charge in [0.2, 0.25) is 0 Å². The quantitative estimate of drug-likeness (QED) is 0.779. The number of benzene rings is 1.